The number of rotatable bonds is 4. The summed E-state index contributed by atoms with van der Waals surface area (Å²) in [5.74, 6) is -2.21. The molecule has 0 spiro atoms. The van der Waals surface area contributed by atoms with Crippen LogP contribution in [0.4, 0.5) is 4.39 Å². The summed E-state index contributed by atoms with van der Waals surface area (Å²) in [6, 6.07) is 3.68. The Kier molecular flexibility index (Phi) is 4.60. The van der Waals surface area contributed by atoms with Crippen molar-refractivity contribution < 1.29 is 19.1 Å². The number of carbonyl (C=O) groups is 2. The number of nitrogens with zero attached hydrogens (tertiary/aromatic N) is 1. The van der Waals surface area contributed by atoms with Crippen LogP contribution in [0.15, 0.2) is 18.2 Å². The monoisotopic (exact) mass is 299 g/mol. The predicted molar refractivity (Wildman–Crippen MR) is 72.3 cm³/mol. The lowest BCUT2D eigenvalue weighted by Crippen LogP contribution is -2.42. The second kappa shape index (κ2) is 6.22. The molecule has 0 radical (unpaired) electrons. The van der Waals surface area contributed by atoms with Crippen molar-refractivity contribution in [3.8, 4) is 0 Å². The van der Waals surface area contributed by atoms with E-state index in [1.807, 2.05) is 0 Å². The molecule has 2 rings (SSSR count). The number of carboxylic acids is 1. The minimum atomic E-state index is -1.07. The van der Waals surface area contributed by atoms with Crippen molar-refractivity contribution in [2.45, 2.75) is 31.7 Å². The first-order valence-electron chi connectivity index (χ1n) is 6.47. The van der Waals surface area contributed by atoms with E-state index >= 15 is 0 Å². The van der Waals surface area contributed by atoms with Gasteiger partial charge in [0, 0.05) is 11.6 Å². The molecule has 0 bridgehead atoms. The van der Waals surface area contributed by atoms with Gasteiger partial charge >= 0.3 is 5.97 Å². The van der Waals surface area contributed by atoms with Gasteiger partial charge in [-0.2, -0.15) is 0 Å². The second-order valence-corrected chi connectivity index (χ2v) is 5.30. The standard InChI is InChI=1S/C14H15ClFNO3/c15-11-6-5-9(7-12(11)16)14(20)17(8-13(18)19)10-3-1-2-4-10/h5-7,10H,1-4,8H2,(H,18,19). The Labute approximate surface area is 121 Å². The highest BCUT2D eigenvalue weighted by molar-refractivity contribution is 6.30. The maximum Gasteiger partial charge on any atom is 0.323 e. The average molecular weight is 300 g/mol. The smallest absolute Gasteiger partial charge is 0.323 e. The summed E-state index contributed by atoms with van der Waals surface area (Å²) in [5, 5.41) is 8.89. The molecule has 1 amide bonds. The van der Waals surface area contributed by atoms with Crippen LogP contribution in [0.5, 0.6) is 0 Å². The molecule has 0 atom stereocenters. The molecule has 1 N–H and O–H groups in total. The Morgan fingerprint density at radius 2 is 2.00 bits per heavy atom. The topological polar surface area (TPSA) is 57.6 Å². The molecule has 6 heteroatoms. The van der Waals surface area contributed by atoms with Gasteiger partial charge in [-0.15, -0.1) is 0 Å². The van der Waals surface area contributed by atoms with Crippen LogP contribution in [0, 0.1) is 5.82 Å². The lowest BCUT2D eigenvalue weighted by atomic mass is 10.1. The van der Waals surface area contributed by atoms with Gasteiger partial charge in [0.25, 0.3) is 5.91 Å². The van der Waals surface area contributed by atoms with Crippen molar-refractivity contribution in [3.63, 3.8) is 0 Å². The molecule has 4 nitrogen and oxygen atoms in total. The number of hydrogen-bond donors (Lipinski definition) is 1. The maximum absolute atomic E-state index is 13.4. The van der Waals surface area contributed by atoms with Crippen LogP contribution in [0.1, 0.15) is 36.0 Å². The SMILES string of the molecule is O=C(O)CN(C(=O)c1ccc(Cl)c(F)c1)C1CCCC1. The number of aliphatic carboxylic acids is 1. The van der Waals surface area contributed by atoms with Gasteiger partial charge in [-0.3, -0.25) is 9.59 Å². The molecule has 1 aromatic carbocycles. The highest BCUT2D eigenvalue weighted by Gasteiger charge is 2.29. The fraction of sp³-hybridized carbons (Fsp3) is 0.429. The van der Waals surface area contributed by atoms with Gasteiger partial charge in [0.2, 0.25) is 0 Å². The van der Waals surface area contributed by atoms with Crippen molar-refractivity contribution in [1.29, 1.82) is 0 Å². The Morgan fingerprint density at radius 3 is 2.55 bits per heavy atom. The summed E-state index contributed by atoms with van der Waals surface area (Å²) in [6.45, 7) is -0.367. The number of hydrogen-bond acceptors (Lipinski definition) is 2. The van der Waals surface area contributed by atoms with Crippen LogP contribution >= 0.6 is 11.6 Å². The first-order chi connectivity index (χ1) is 9.49. The van der Waals surface area contributed by atoms with E-state index in [-0.39, 0.29) is 23.2 Å². The van der Waals surface area contributed by atoms with Crippen LogP contribution in [0.2, 0.25) is 5.02 Å². The molecule has 0 unspecified atom stereocenters. The first kappa shape index (κ1) is 14.8. The summed E-state index contributed by atoms with van der Waals surface area (Å²) < 4.78 is 13.4. The van der Waals surface area contributed by atoms with E-state index in [0.717, 1.165) is 31.7 Å². The molecule has 1 aromatic rings. The predicted octanol–water partition coefficient (Wildman–Crippen LogP) is 2.95. The molecule has 1 aliphatic carbocycles. The fourth-order valence-corrected chi connectivity index (χ4v) is 2.64. The number of carboxylic acid groups (broad SMARTS) is 1. The maximum atomic E-state index is 13.4. The Morgan fingerprint density at radius 1 is 1.35 bits per heavy atom. The largest absolute Gasteiger partial charge is 0.480 e. The van der Waals surface area contributed by atoms with Crippen LogP contribution in [-0.4, -0.2) is 34.5 Å². The van der Waals surface area contributed by atoms with Crippen LogP contribution < -0.4 is 0 Å². The minimum absolute atomic E-state index is 0.0628. The van der Waals surface area contributed by atoms with Crippen LogP contribution in [0.25, 0.3) is 0 Å². The van der Waals surface area contributed by atoms with Gasteiger partial charge in [-0.25, -0.2) is 4.39 Å². The van der Waals surface area contributed by atoms with Crippen molar-refractivity contribution >= 4 is 23.5 Å². The highest BCUT2D eigenvalue weighted by Crippen LogP contribution is 2.25. The summed E-state index contributed by atoms with van der Waals surface area (Å²) in [4.78, 5) is 24.6. The van der Waals surface area contributed by atoms with E-state index in [4.69, 9.17) is 16.7 Å². The molecule has 1 saturated carbocycles. The van der Waals surface area contributed by atoms with Crippen molar-refractivity contribution in [1.82, 2.24) is 4.90 Å². The molecule has 1 aliphatic rings. The van der Waals surface area contributed by atoms with Crippen molar-refractivity contribution in [3.05, 3.63) is 34.6 Å². The third kappa shape index (κ3) is 3.28. The molecule has 0 aliphatic heterocycles. The van der Waals surface area contributed by atoms with Crippen molar-refractivity contribution in [2.24, 2.45) is 0 Å². The molecule has 0 saturated heterocycles. The van der Waals surface area contributed by atoms with Crippen molar-refractivity contribution in [2.75, 3.05) is 6.54 Å². The molecule has 0 aromatic heterocycles. The third-order valence-electron chi connectivity index (χ3n) is 3.50. The summed E-state index contributed by atoms with van der Waals surface area (Å²) in [7, 11) is 0. The number of carbonyl (C=O) groups excluding carboxylic acids is 1. The normalized spacial score (nSPS) is 15.3. The Balaban J connectivity index is 2.24. The van der Waals surface area contributed by atoms with Gasteiger partial charge in [-0.05, 0) is 31.0 Å². The zero-order valence-electron chi connectivity index (χ0n) is 10.8. The quantitative estimate of drug-likeness (QED) is 0.930. The van der Waals surface area contributed by atoms with E-state index < -0.39 is 17.7 Å². The molecular formula is C14H15ClFNO3. The number of amides is 1. The average Bonchev–Trinajstić information content (AvgIpc) is 2.92. The van der Waals surface area contributed by atoms with E-state index in [2.05, 4.69) is 0 Å². The molecule has 20 heavy (non-hydrogen) atoms. The summed E-state index contributed by atoms with van der Waals surface area (Å²) >= 11 is 5.58. The molecule has 0 heterocycles. The molecule has 108 valence electrons. The van der Waals surface area contributed by atoms with E-state index in [0.29, 0.717) is 0 Å². The summed E-state index contributed by atoms with van der Waals surface area (Å²) in [5.41, 5.74) is 0.125. The van der Waals surface area contributed by atoms with Gasteiger partial charge in [0.05, 0.1) is 5.02 Å². The molecular weight excluding hydrogens is 285 g/mol. The lowest BCUT2D eigenvalue weighted by molar-refractivity contribution is -0.138. The van der Waals surface area contributed by atoms with E-state index in [9.17, 15) is 14.0 Å². The minimum Gasteiger partial charge on any atom is -0.480 e. The highest BCUT2D eigenvalue weighted by atomic mass is 35.5. The van der Waals surface area contributed by atoms with Crippen LogP contribution in [-0.2, 0) is 4.79 Å². The first-order valence-corrected chi connectivity index (χ1v) is 6.84. The van der Waals surface area contributed by atoms with Gasteiger partial charge in [0.1, 0.15) is 12.4 Å². The summed E-state index contributed by atoms with van der Waals surface area (Å²) in [6.07, 6.45) is 3.52. The Hall–Kier alpha value is -1.62. The Bertz CT molecular complexity index is 529. The third-order valence-corrected chi connectivity index (χ3v) is 3.81. The number of halogens is 2. The van der Waals surface area contributed by atoms with Crippen LogP contribution in [0.3, 0.4) is 0 Å². The van der Waals surface area contributed by atoms with Gasteiger partial charge in [-0.1, -0.05) is 24.4 Å². The number of benzene rings is 1. The zero-order valence-corrected chi connectivity index (χ0v) is 11.6. The fourth-order valence-electron chi connectivity index (χ4n) is 2.52. The van der Waals surface area contributed by atoms with E-state index in [1.54, 1.807) is 0 Å². The van der Waals surface area contributed by atoms with Gasteiger partial charge < -0.3 is 10.0 Å². The molecule has 1 fully saturated rings. The second-order valence-electron chi connectivity index (χ2n) is 4.89. The van der Waals surface area contributed by atoms with E-state index in [1.165, 1.54) is 17.0 Å². The zero-order chi connectivity index (χ0) is 14.7. The van der Waals surface area contributed by atoms with Gasteiger partial charge in [0.15, 0.2) is 0 Å². The lowest BCUT2D eigenvalue weighted by Gasteiger charge is -2.27.